The van der Waals surface area contributed by atoms with E-state index in [2.05, 4.69) is 26.8 Å². The summed E-state index contributed by atoms with van der Waals surface area (Å²) in [5.74, 6) is 0.979. The first-order valence-electron chi connectivity index (χ1n) is 6.01. The van der Waals surface area contributed by atoms with Gasteiger partial charge >= 0.3 is 0 Å². The Bertz CT molecular complexity index is 304. The Labute approximate surface area is 93.1 Å². The third-order valence-corrected chi connectivity index (χ3v) is 3.09. The van der Waals surface area contributed by atoms with Gasteiger partial charge in [0, 0.05) is 0 Å². The normalized spacial score (nSPS) is 12.7. The highest BCUT2D eigenvalue weighted by molar-refractivity contribution is 5.42. The van der Waals surface area contributed by atoms with Crippen LogP contribution in [-0.4, -0.2) is 5.11 Å². The zero-order valence-corrected chi connectivity index (χ0v) is 10.1. The summed E-state index contributed by atoms with van der Waals surface area (Å²) in [5.41, 5.74) is 2.21. The van der Waals surface area contributed by atoms with Crippen LogP contribution in [-0.2, 0) is 6.42 Å². The van der Waals surface area contributed by atoms with Crippen LogP contribution >= 0.6 is 0 Å². The lowest BCUT2D eigenvalue weighted by Gasteiger charge is -2.14. The quantitative estimate of drug-likeness (QED) is 0.763. The number of para-hydroxylation sites is 1. The number of aryl methyl sites for hydroxylation is 1. The summed E-state index contributed by atoms with van der Waals surface area (Å²) in [4.78, 5) is 0. The molecule has 1 rings (SSSR count). The molecular formula is C14H22O. The lowest BCUT2D eigenvalue weighted by Crippen LogP contribution is -1.95. The van der Waals surface area contributed by atoms with E-state index >= 15 is 0 Å². The van der Waals surface area contributed by atoms with Crippen LogP contribution in [0.25, 0.3) is 0 Å². The average molecular weight is 206 g/mol. The molecule has 0 spiro atoms. The van der Waals surface area contributed by atoms with E-state index in [0.29, 0.717) is 11.7 Å². The standard InChI is InChI=1S/C14H22O/c1-4-6-8-12-9-7-10-13(14(12)15)11(3)5-2/h7,9-11,15H,4-6,8H2,1-3H3. The third-order valence-electron chi connectivity index (χ3n) is 3.09. The smallest absolute Gasteiger partial charge is 0.122 e. The molecule has 1 nitrogen and oxygen atoms in total. The highest BCUT2D eigenvalue weighted by atomic mass is 16.3. The molecule has 1 N–H and O–H groups in total. The second kappa shape index (κ2) is 5.79. The summed E-state index contributed by atoms with van der Waals surface area (Å²) in [6, 6.07) is 6.14. The first kappa shape index (κ1) is 12.1. The molecule has 0 aromatic heterocycles. The van der Waals surface area contributed by atoms with E-state index in [0.717, 1.165) is 30.4 Å². The van der Waals surface area contributed by atoms with Crippen molar-refractivity contribution in [1.29, 1.82) is 0 Å². The molecule has 0 radical (unpaired) electrons. The van der Waals surface area contributed by atoms with Gasteiger partial charge in [-0.05, 0) is 36.3 Å². The Morgan fingerprint density at radius 3 is 2.60 bits per heavy atom. The van der Waals surface area contributed by atoms with Gasteiger partial charge in [0.2, 0.25) is 0 Å². The fourth-order valence-electron chi connectivity index (χ4n) is 1.80. The van der Waals surface area contributed by atoms with Gasteiger partial charge in [0.25, 0.3) is 0 Å². The summed E-state index contributed by atoms with van der Waals surface area (Å²) < 4.78 is 0. The predicted molar refractivity (Wildman–Crippen MR) is 65.4 cm³/mol. The minimum Gasteiger partial charge on any atom is -0.507 e. The molecule has 0 aliphatic rings. The summed E-state index contributed by atoms with van der Waals surface area (Å²) >= 11 is 0. The van der Waals surface area contributed by atoms with E-state index in [9.17, 15) is 5.11 Å². The molecule has 1 aromatic carbocycles. The molecule has 1 unspecified atom stereocenters. The van der Waals surface area contributed by atoms with Crippen molar-refractivity contribution in [2.45, 2.75) is 52.4 Å². The van der Waals surface area contributed by atoms with Gasteiger partial charge in [-0.3, -0.25) is 0 Å². The van der Waals surface area contributed by atoms with Crippen molar-refractivity contribution >= 4 is 0 Å². The molecule has 84 valence electrons. The molecule has 0 aliphatic carbocycles. The molecule has 0 amide bonds. The SMILES string of the molecule is CCCCc1cccc(C(C)CC)c1O. The third kappa shape index (κ3) is 2.98. The molecule has 0 saturated carbocycles. The van der Waals surface area contributed by atoms with Crippen LogP contribution in [0.2, 0.25) is 0 Å². The maximum atomic E-state index is 10.1. The van der Waals surface area contributed by atoms with E-state index < -0.39 is 0 Å². The maximum Gasteiger partial charge on any atom is 0.122 e. The van der Waals surface area contributed by atoms with Crippen molar-refractivity contribution in [3.8, 4) is 5.75 Å². The number of hydrogen-bond acceptors (Lipinski definition) is 1. The van der Waals surface area contributed by atoms with Gasteiger partial charge in [-0.15, -0.1) is 0 Å². The largest absolute Gasteiger partial charge is 0.507 e. The molecule has 1 atom stereocenters. The monoisotopic (exact) mass is 206 g/mol. The zero-order chi connectivity index (χ0) is 11.3. The molecule has 0 fully saturated rings. The minimum atomic E-state index is 0.451. The number of phenols is 1. The van der Waals surface area contributed by atoms with Crippen LogP contribution in [0.1, 0.15) is 57.1 Å². The van der Waals surface area contributed by atoms with Crippen molar-refractivity contribution in [2.24, 2.45) is 0 Å². The fourth-order valence-corrected chi connectivity index (χ4v) is 1.80. The minimum absolute atomic E-state index is 0.451. The lowest BCUT2D eigenvalue weighted by atomic mass is 9.94. The average Bonchev–Trinajstić information content (AvgIpc) is 2.27. The molecule has 0 aliphatic heterocycles. The Kier molecular flexibility index (Phi) is 4.67. The summed E-state index contributed by atoms with van der Waals surface area (Å²) in [6.07, 6.45) is 4.39. The number of benzene rings is 1. The fraction of sp³-hybridized carbons (Fsp3) is 0.571. The highest BCUT2D eigenvalue weighted by Gasteiger charge is 2.11. The van der Waals surface area contributed by atoms with Gasteiger partial charge in [0.05, 0.1) is 0 Å². The molecular weight excluding hydrogens is 184 g/mol. The van der Waals surface area contributed by atoms with Gasteiger partial charge in [0.15, 0.2) is 0 Å². The number of aromatic hydroxyl groups is 1. The number of rotatable bonds is 5. The lowest BCUT2D eigenvalue weighted by molar-refractivity contribution is 0.454. The Hall–Kier alpha value is -0.980. The summed E-state index contributed by atoms with van der Waals surface area (Å²) in [6.45, 7) is 6.50. The summed E-state index contributed by atoms with van der Waals surface area (Å²) in [7, 11) is 0. The molecule has 15 heavy (non-hydrogen) atoms. The van der Waals surface area contributed by atoms with E-state index in [-0.39, 0.29) is 0 Å². The Morgan fingerprint density at radius 1 is 1.27 bits per heavy atom. The zero-order valence-electron chi connectivity index (χ0n) is 10.1. The van der Waals surface area contributed by atoms with Crippen LogP contribution in [0.4, 0.5) is 0 Å². The van der Waals surface area contributed by atoms with Crippen molar-refractivity contribution in [2.75, 3.05) is 0 Å². The van der Waals surface area contributed by atoms with Crippen molar-refractivity contribution in [3.05, 3.63) is 29.3 Å². The van der Waals surface area contributed by atoms with Crippen molar-refractivity contribution in [3.63, 3.8) is 0 Å². The van der Waals surface area contributed by atoms with E-state index in [1.54, 1.807) is 0 Å². The molecule has 0 saturated heterocycles. The maximum absolute atomic E-state index is 10.1. The highest BCUT2D eigenvalue weighted by Crippen LogP contribution is 2.31. The van der Waals surface area contributed by atoms with Crippen molar-refractivity contribution in [1.82, 2.24) is 0 Å². The van der Waals surface area contributed by atoms with Crippen molar-refractivity contribution < 1.29 is 5.11 Å². The van der Waals surface area contributed by atoms with Gasteiger partial charge in [-0.1, -0.05) is 45.4 Å². The van der Waals surface area contributed by atoms with Gasteiger partial charge in [0.1, 0.15) is 5.75 Å². The van der Waals surface area contributed by atoms with E-state index in [1.165, 1.54) is 6.42 Å². The second-order valence-corrected chi connectivity index (χ2v) is 4.27. The molecule has 1 aromatic rings. The van der Waals surface area contributed by atoms with Gasteiger partial charge in [-0.25, -0.2) is 0 Å². The molecule has 1 heteroatoms. The van der Waals surface area contributed by atoms with Crippen LogP contribution in [0, 0.1) is 0 Å². The molecule has 0 heterocycles. The Morgan fingerprint density at radius 2 is 2.00 bits per heavy atom. The van der Waals surface area contributed by atoms with E-state index in [1.807, 2.05) is 12.1 Å². The first-order valence-corrected chi connectivity index (χ1v) is 6.01. The Balaban J connectivity index is 2.90. The first-order chi connectivity index (χ1) is 7.20. The van der Waals surface area contributed by atoms with Crippen LogP contribution < -0.4 is 0 Å². The van der Waals surface area contributed by atoms with E-state index in [4.69, 9.17) is 0 Å². The van der Waals surface area contributed by atoms with Gasteiger partial charge < -0.3 is 5.11 Å². The predicted octanol–water partition coefficient (Wildman–Crippen LogP) is 4.25. The topological polar surface area (TPSA) is 20.2 Å². The molecule has 0 bridgehead atoms. The number of unbranched alkanes of at least 4 members (excludes halogenated alkanes) is 1. The summed E-state index contributed by atoms with van der Waals surface area (Å²) in [5, 5.41) is 10.1. The van der Waals surface area contributed by atoms with Gasteiger partial charge in [-0.2, -0.15) is 0 Å². The number of phenolic OH excluding ortho intramolecular Hbond substituents is 1. The van der Waals surface area contributed by atoms with Crippen LogP contribution in [0.5, 0.6) is 5.75 Å². The number of hydrogen-bond donors (Lipinski definition) is 1. The van der Waals surface area contributed by atoms with Crippen LogP contribution in [0.3, 0.4) is 0 Å². The second-order valence-electron chi connectivity index (χ2n) is 4.27. The van der Waals surface area contributed by atoms with Crippen LogP contribution in [0.15, 0.2) is 18.2 Å².